The van der Waals surface area contributed by atoms with E-state index in [0.29, 0.717) is 18.7 Å². The fourth-order valence-corrected chi connectivity index (χ4v) is 2.03. The van der Waals surface area contributed by atoms with Crippen LogP contribution in [0.1, 0.15) is 25.3 Å². The van der Waals surface area contributed by atoms with Crippen molar-refractivity contribution in [3.05, 3.63) is 35.6 Å². The third-order valence-corrected chi connectivity index (χ3v) is 3.16. The van der Waals surface area contributed by atoms with Gasteiger partial charge in [0.2, 0.25) is 12.0 Å². The maximum Gasteiger partial charge on any atom is 0.264 e. The van der Waals surface area contributed by atoms with Crippen molar-refractivity contribution >= 4 is 17.5 Å². The van der Waals surface area contributed by atoms with Gasteiger partial charge < -0.3 is 15.5 Å². The number of nitrogens with zero attached hydrogens (tertiary/aromatic N) is 1. The zero-order valence-electron chi connectivity index (χ0n) is 12.3. The van der Waals surface area contributed by atoms with E-state index >= 15 is 0 Å². The zero-order valence-corrected chi connectivity index (χ0v) is 12.3. The molecule has 1 atom stereocenters. The minimum atomic E-state index is -0.714. The number of carbonyl (C=O) groups excluding carboxylic acids is 2. The van der Waals surface area contributed by atoms with Gasteiger partial charge in [0.15, 0.2) is 0 Å². The molecule has 2 amide bonds. The molecule has 0 saturated heterocycles. The van der Waals surface area contributed by atoms with Gasteiger partial charge in [-0.15, -0.1) is 0 Å². The molecule has 0 saturated carbocycles. The third-order valence-electron chi connectivity index (χ3n) is 3.16. The summed E-state index contributed by atoms with van der Waals surface area (Å²) in [5, 5.41) is 9.15. The van der Waals surface area contributed by atoms with Gasteiger partial charge in [0, 0.05) is 25.9 Å². The van der Waals surface area contributed by atoms with Crippen molar-refractivity contribution in [2.45, 2.75) is 25.9 Å². The fraction of sp³-hybridized carbons (Fsp3) is 0.400. The molecule has 1 aromatic rings. The second kappa shape index (κ2) is 7.53. The van der Waals surface area contributed by atoms with Gasteiger partial charge >= 0.3 is 0 Å². The molecule has 0 fully saturated rings. The van der Waals surface area contributed by atoms with Crippen LogP contribution < -0.4 is 10.6 Å². The summed E-state index contributed by atoms with van der Waals surface area (Å²) in [5.74, 6) is -0.758. The Bertz CT molecular complexity index is 572. The minimum absolute atomic E-state index is 0.113. The van der Waals surface area contributed by atoms with Crippen LogP contribution in [0.3, 0.4) is 0 Å². The molecule has 0 bridgehead atoms. The maximum absolute atomic E-state index is 12.9. The summed E-state index contributed by atoms with van der Waals surface area (Å²) < 4.78 is 12.9. The Balaban J connectivity index is 1.78. The van der Waals surface area contributed by atoms with E-state index in [2.05, 4.69) is 15.8 Å². The topological polar surface area (TPSA) is 79.8 Å². The zero-order chi connectivity index (χ0) is 15.9. The van der Waals surface area contributed by atoms with Crippen LogP contribution in [0.4, 0.5) is 4.39 Å². The first-order valence-electron chi connectivity index (χ1n) is 7.13. The van der Waals surface area contributed by atoms with Crippen molar-refractivity contribution in [2.75, 3.05) is 13.1 Å². The molecular formula is C15H18FN3O3. The number of amides is 2. The first kappa shape index (κ1) is 15.9. The van der Waals surface area contributed by atoms with Crippen LogP contribution in [-0.2, 0) is 14.4 Å². The summed E-state index contributed by atoms with van der Waals surface area (Å²) in [6.07, 6.45) is -0.175. The van der Waals surface area contributed by atoms with Crippen molar-refractivity contribution in [3.63, 3.8) is 0 Å². The van der Waals surface area contributed by atoms with Crippen LogP contribution in [0.5, 0.6) is 0 Å². The molecule has 1 heterocycles. The van der Waals surface area contributed by atoms with Crippen LogP contribution in [0, 0.1) is 5.82 Å². The van der Waals surface area contributed by atoms with Crippen molar-refractivity contribution in [1.82, 2.24) is 10.6 Å². The molecule has 0 aromatic heterocycles. The first-order chi connectivity index (χ1) is 10.6. The SMILES string of the molecule is CCNC(=O)CCNC(=O)[C@H]1CC(c2ccc(F)cc2)=NO1. The van der Waals surface area contributed by atoms with Crippen LogP contribution in [0.25, 0.3) is 0 Å². The van der Waals surface area contributed by atoms with Crippen LogP contribution >= 0.6 is 0 Å². The Hall–Kier alpha value is -2.44. The summed E-state index contributed by atoms with van der Waals surface area (Å²) >= 11 is 0. The number of hydrogen-bond acceptors (Lipinski definition) is 4. The van der Waals surface area contributed by atoms with E-state index in [1.165, 1.54) is 12.1 Å². The quantitative estimate of drug-likeness (QED) is 0.821. The van der Waals surface area contributed by atoms with Gasteiger partial charge in [-0.3, -0.25) is 9.59 Å². The number of oxime groups is 1. The van der Waals surface area contributed by atoms with E-state index in [9.17, 15) is 14.0 Å². The summed E-state index contributed by atoms with van der Waals surface area (Å²) in [6.45, 7) is 2.64. The van der Waals surface area contributed by atoms with Gasteiger partial charge in [-0.05, 0) is 24.6 Å². The number of carbonyl (C=O) groups is 2. The van der Waals surface area contributed by atoms with Crippen molar-refractivity contribution in [1.29, 1.82) is 0 Å². The molecular weight excluding hydrogens is 289 g/mol. The average Bonchev–Trinajstić information content (AvgIpc) is 2.98. The van der Waals surface area contributed by atoms with Crippen molar-refractivity contribution in [3.8, 4) is 0 Å². The fourth-order valence-electron chi connectivity index (χ4n) is 2.03. The highest BCUT2D eigenvalue weighted by molar-refractivity contribution is 6.04. The molecule has 2 N–H and O–H groups in total. The van der Waals surface area contributed by atoms with Crippen LogP contribution in [0.15, 0.2) is 29.4 Å². The lowest BCUT2D eigenvalue weighted by Gasteiger charge is -2.09. The Labute approximate surface area is 127 Å². The molecule has 0 aliphatic carbocycles. The average molecular weight is 307 g/mol. The highest BCUT2D eigenvalue weighted by Crippen LogP contribution is 2.17. The lowest BCUT2D eigenvalue weighted by atomic mass is 10.0. The molecule has 22 heavy (non-hydrogen) atoms. The Kier molecular flexibility index (Phi) is 5.46. The summed E-state index contributed by atoms with van der Waals surface area (Å²) in [5.41, 5.74) is 1.32. The van der Waals surface area contributed by atoms with Crippen LogP contribution in [0.2, 0.25) is 0 Å². The highest BCUT2D eigenvalue weighted by Gasteiger charge is 2.28. The molecule has 1 aliphatic rings. The molecule has 0 spiro atoms. The predicted octanol–water partition coefficient (Wildman–Crippen LogP) is 0.961. The number of rotatable bonds is 6. The normalized spacial score (nSPS) is 16.6. The molecule has 2 rings (SSSR count). The Morgan fingerprint density at radius 3 is 2.73 bits per heavy atom. The van der Waals surface area contributed by atoms with E-state index in [4.69, 9.17) is 4.84 Å². The molecule has 0 radical (unpaired) electrons. The van der Waals surface area contributed by atoms with E-state index in [0.717, 1.165) is 5.56 Å². The summed E-state index contributed by atoms with van der Waals surface area (Å²) in [6, 6.07) is 5.84. The van der Waals surface area contributed by atoms with Crippen LogP contribution in [-0.4, -0.2) is 36.7 Å². The van der Waals surface area contributed by atoms with Gasteiger partial charge in [0.1, 0.15) is 5.82 Å². The number of nitrogens with one attached hydrogen (secondary N) is 2. The predicted molar refractivity (Wildman–Crippen MR) is 78.7 cm³/mol. The molecule has 7 heteroatoms. The number of hydrogen-bond donors (Lipinski definition) is 2. The lowest BCUT2D eigenvalue weighted by molar-refractivity contribution is -0.131. The second-order valence-electron chi connectivity index (χ2n) is 4.84. The third kappa shape index (κ3) is 4.28. The second-order valence-corrected chi connectivity index (χ2v) is 4.84. The molecule has 118 valence electrons. The largest absolute Gasteiger partial charge is 0.382 e. The van der Waals surface area contributed by atoms with E-state index in [1.54, 1.807) is 12.1 Å². The lowest BCUT2D eigenvalue weighted by Crippen LogP contribution is -2.37. The summed E-state index contributed by atoms with van der Waals surface area (Å²) in [7, 11) is 0. The monoisotopic (exact) mass is 307 g/mol. The van der Waals surface area contributed by atoms with E-state index < -0.39 is 6.10 Å². The molecule has 1 aromatic carbocycles. The van der Waals surface area contributed by atoms with E-state index in [1.807, 2.05) is 6.92 Å². The highest BCUT2D eigenvalue weighted by atomic mass is 19.1. The van der Waals surface area contributed by atoms with Gasteiger partial charge in [-0.2, -0.15) is 0 Å². The number of halogens is 1. The minimum Gasteiger partial charge on any atom is -0.382 e. The first-order valence-corrected chi connectivity index (χ1v) is 7.13. The summed E-state index contributed by atoms with van der Waals surface area (Å²) in [4.78, 5) is 28.3. The number of benzene rings is 1. The molecule has 0 unspecified atom stereocenters. The van der Waals surface area contributed by atoms with Gasteiger partial charge in [-0.1, -0.05) is 17.3 Å². The van der Waals surface area contributed by atoms with Crippen molar-refractivity contribution in [2.24, 2.45) is 5.16 Å². The van der Waals surface area contributed by atoms with Gasteiger partial charge in [0.05, 0.1) is 5.71 Å². The van der Waals surface area contributed by atoms with Crippen molar-refractivity contribution < 1.29 is 18.8 Å². The Morgan fingerprint density at radius 2 is 2.05 bits per heavy atom. The molecule has 6 nitrogen and oxygen atoms in total. The van der Waals surface area contributed by atoms with Gasteiger partial charge in [-0.25, -0.2) is 4.39 Å². The maximum atomic E-state index is 12.9. The molecule has 1 aliphatic heterocycles. The van der Waals surface area contributed by atoms with Gasteiger partial charge in [0.25, 0.3) is 5.91 Å². The van der Waals surface area contributed by atoms with E-state index in [-0.39, 0.29) is 30.6 Å². The smallest absolute Gasteiger partial charge is 0.264 e. The Morgan fingerprint density at radius 1 is 1.32 bits per heavy atom. The standard InChI is InChI=1S/C15H18FN3O3/c1-2-17-14(20)7-8-18-15(21)13-9-12(19-22-13)10-3-5-11(16)6-4-10/h3-6,13H,2,7-9H2,1H3,(H,17,20)(H,18,21)/t13-/m1/s1.